The molecule has 1 aliphatic rings. The number of pyridine rings is 1. The van der Waals surface area contributed by atoms with Gasteiger partial charge in [-0.05, 0) is 54.8 Å². The van der Waals surface area contributed by atoms with Crippen molar-refractivity contribution in [2.75, 3.05) is 11.4 Å². The van der Waals surface area contributed by atoms with Gasteiger partial charge in [0.25, 0.3) is 0 Å². The third kappa shape index (κ3) is 3.08. The summed E-state index contributed by atoms with van der Waals surface area (Å²) in [5.74, 6) is 1.91. The zero-order chi connectivity index (χ0) is 22.4. The van der Waals surface area contributed by atoms with E-state index in [1.54, 1.807) is 12.3 Å². The summed E-state index contributed by atoms with van der Waals surface area (Å²) in [6.45, 7) is 14.2. The molecule has 158 valence electrons. The van der Waals surface area contributed by atoms with E-state index in [0.717, 1.165) is 51.9 Å². The predicted octanol–water partition coefficient (Wildman–Crippen LogP) is 5.05. The number of fused-ring (bicyclic) bond motifs is 3. The molecule has 0 unspecified atom stereocenters. The highest BCUT2D eigenvalue weighted by molar-refractivity contribution is 5.84. The molecule has 1 N–H and O–H groups in total. The first kappa shape index (κ1) is 19.8. The largest absolute Gasteiger partial charge is 0.339 e. The Morgan fingerprint density at radius 3 is 2.53 bits per heavy atom. The van der Waals surface area contributed by atoms with Crippen LogP contribution in [0.3, 0.4) is 0 Å². The van der Waals surface area contributed by atoms with E-state index in [9.17, 15) is 4.79 Å². The molecule has 0 fully saturated rings. The number of H-pyrrole nitrogens is 1. The maximum atomic E-state index is 11.6. The summed E-state index contributed by atoms with van der Waals surface area (Å²) in [6.07, 6.45) is 1.75. The standard InChI is InChI=1S/C25H22N6O/c1-15-14-30(20-8-6-19(26-4)7-9-20)24-16(2)21(18-5-12-23(32)27-13-18)10-11-22(24)31-17(3)28-29-25(15)31/h5-13,15H,14H2,1-3H3,(H,27,32)/t15-/m1/s1. The highest BCUT2D eigenvalue weighted by Gasteiger charge is 2.30. The van der Waals surface area contributed by atoms with Gasteiger partial charge < -0.3 is 9.88 Å². The lowest BCUT2D eigenvalue weighted by Gasteiger charge is -2.29. The van der Waals surface area contributed by atoms with Gasteiger partial charge in [0.2, 0.25) is 5.56 Å². The molecule has 1 aliphatic heterocycles. The summed E-state index contributed by atoms with van der Waals surface area (Å²) in [5.41, 5.74) is 6.69. The molecule has 0 aliphatic carbocycles. The lowest BCUT2D eigenvalue weighted by molar-refractivity contribution is 0.695. The number of rotatable bonds is 2. The predicted molar refractivity (Wildman–Crippen MR) is 125 cm³/mol. The molecule has 0 amide bonds. The zero-order valence-corrected chi connectivity index (χ0v) is 18.1. The number of aryl methyl sites for hydroxylation is 1. The van der Waals surface area contributed by atoms with Crippen molar-refractivity contribution >= 4 is 17.1 Å². The van der Waals surface area contributed by atoms with Gasteiger partial charge in [-0.2, -0.15) is 0 Å². The SMILES string of the molecule is [C-]#[N+]c1ccc(N2C[C@@H](C)c3nnc(C)n3-c3ccc(-c4ccc(=O)[nH]c4)c(C)c32)cc1. The Morgan fingerprint density at radius 2 is 1.84 bits per heavy atom. The van der Waals surface area contributed by atoms with Gasteiger partial charge in [-0.3, -0.25) is 9.36 Å². The van der Waals surface area contributed by atoms with Crippen LogP contribution in [-0.2, 0) is 0 Å². The maximum Gasteiger partial charge on any atom is 0.247 e. The Morgan fingerprint density at radius 1 is 1.06 bits per heavy atom. The van der Waals surface area contributed by atoms with Gasteiger partial charge in [-0.15, -0.1) is 10.2 Å². The first-order chi connectivity index (χ1) is 15.5. The third-order valence-electron chi connectivity index (χ3n) is 6.05. The van der Waals surface area contributed by atoms with Crippen molar-refractivity contribution in [2.24, 2.45) is 0 Å². The Bertz CT molecular complexity index is 1400. The average Bonchev–Trinajstić information content (AvgIpc) is 3.13. The van der Waals surface area contributed by atoms with Gasteiger partial charge in [0.15, 0.2) is 5.69 Å². The molecule has 32 heavy (non-hydrogen) atoms. The van der Waals surface area contributed by atoms with E-state index < -0.39 is 0 Å². The molecule has 2 aromatic heterocycles. The number of nitrogens with zero attached hydrogens (tertiary/aromatic N) is 5. The molecule has 0 spiro atoms. The fourth-order valence-electron chi connectivity index (χ4n) is 4.48. The van der Waals surface area contributed by atoms with Crippen molar-refractivity contribution in [3.8, 4) is 16.8 Å². The summed E-state index contributed by atoms with van der Waals surface area (Å²) >= 11 is 0. The molecule has 0 saturated heterocycles. The molecule has 7 heteroatoms. The summed E-state index contributed by atoms with van der Waals surface area (Å²) in [6, 6.07) is 15.3. The van der Waals surface area contributed by atoms with Gasteiger partial charge in [0.1, 0.15) is 11.6 Å². The lowest BCUT2D eigenvalue weighted by Crippen LogP contribution is -2.22. The molecule has 0 bridgehead atoms. The summed E-state index contributed by atoms with van der Waals surface area (Å²) in [5, 5.41) is 8.83. The zero-order valence-electron chi connectivity index (χ0n) is 18.1. The van der Waals surface area contributed by atoms with Gasteiger partial charge >= 0.3 is 0 Å². The van der Waals surface area contributed by atoms with Crippen molar-refractivity contribution in [1.82, 2.24) is 19.7 Å². The van der Waals surface area contributed by atoms with Gasteiger partial charge in [0.05, 0.1) is 17.9 Å². The lowest BCUT2D eigenvalue weighted by atomic mass is 9.98. The van der Waals surface area contributed by atoms with Crippen LogP contribution in [0.25, 0.3) is 21.7 Å². The molecular formula is C25H22N6O. The third-order valence-corrected chi connectivity index (χ3v) is 6.05. The van der Waals surface area contributed by atoms with E-state index in [2.05, 4.69) is 55.5 Å². The topological polar surface area (TPSA) is 71.2 Å². The second kappa shape index (κ2) is 7.50. The van der Waals surface area contributed by atoms with Crippen LogP contribution in [0.1, 0.15) is 30.1 Å². The molecule has 4 aromatic rings. The van der Waals surface area contributed by atoms with Crippen LogP contribution in [0.4, 0.5) is 17.1 Å². The Kier molecular flexibility index (Phi) is 4.63. The maximum absolute atomic E-state index is 11.6. The van der Waals surface area contributed by atoms with E-state index >= 15 is 0 Å². The Hall–Kier alpha value is -4.18. The van der Waals surface area contributed by atoms with Gasteiger partial charge in [-0.1, -0.05) is 25.1 Å². The number of aromatic amines is 1. The molecule has 5 rings (SSSR count). The number of hydrogen-bond donors (Lipinski definition) is 1. The fraction of sp³-hybridized carbons (Fsp3) is 0.200. The van der Waals surface area contributed by atoms with Crippen molar-refractivity contribution in [1.29, 1.82) is 0 Å². The highest BCUT2D eigenvalue weighted by Crippen LogP contribution is 2.43. The van der Waals surface area contributed by atoms with Crippen LogP contribution in [0.5, 0.6) is 0 Å². The minimum absolute atomic E-state index is 0.124. The second-order valence-corrected chi connectivity index (χ2v) is 8.13. The van der Waals surface area contributed by atoms with Gasteiger partial charge in [-0.25, -0.2) is 4.85 Å². The normalized spacial score (nSPS) is 14.9. The number of aromatic nitrogens is 4. The monoisotopic (exact) mass is 422 g/mol. The summed E-state index contributed by atoms with van der Waals surface area (Å²) in [7, 11) is 0. The Labute approximate surface area is 185 Å². The second-order valence-electron chi connectivity index (χ2n) is 8.13. The van der Waals surface area contributed by atoms with E-state index in [1.165, 1.54) is 0 Å². The van der Waals surface area contributed by atoms with Crippen molar-refractivity contribution in [2.45, 2.75) is 26.7 Å². The fourth-order valence-corrected chi connectivity index (χ4v) is 4.48. The Balaban J connectivity index is 1.78. The van der Waals surface area contributed by atoms with E-state index in [-0.39, 0.29) is 11.5 Å². The number of anilines is 2. The molecule has 7 nitrogen and oxygen atoms in total. The minimum Gasteiger partial charge on any atom is -0.339 e. The number of hydrogen-bond acceptors (Lipinski definition) is 4. The van der Waals surface area contributed by atoms with Crippen LogP contribution in [0.15, 0.2) is 59.5 Å². The van der Waals surface area contributed by atoms with Gasteiger partial charge in [0, 0.05) is 30.4 Å². The molecule has 0 saturated carbocycles. The van der Waals surface area contributed by atoms with Crippen LogP contribution >= 0.6 is 0 Å². The van der Waals surface area contributed by atoms with E-state index in [1.807, 2.05) is 37.3 Å². The quantitative estimate of drug-likeness (QED) is 0.459. The summed E-state index contributed by atoms with van der Waals surface area (Å²) in [4.78, 5) is 20.2. The van der Waals surface area contributed by atoms with Crippen LogP contribution in [0, 0.1) is 20.4 Å². The van der Waals surface area contributed by atoms with Crippen LogP contribution < -0.4 is 10.5 Å². The van der Waals surface area contributed by atoms with E-state index in [0.29, 0.717) is 5.69 Å². The van der Waals surface area contributed by atoms with Crippen LogP contribution in [-0.4, -0.2) is 26.3 Å². The van der Waals surface area contributed by atoms with E-state index in [4.69, 9.17) is 6.57 Å². The van der Waals surface area contributed by atoms with Crippen molar-refractivity contribution in [3.05, 3.63) is 93.7 Å². The first-order valence-corrected chi connectivity index (χ1v) is 10.5. The summed E-state index contributed by atoms with van der Waals surface area (Å²) < 4.78 is 2.14. The molecule has 1 atom stereocenters. The van der Waals surface area contributed by atoms with Crippen LogP contribution in [0.2, 0.25) is 0 Å². The number of nitrogens with one attached hydrogen (secondary N) is 1. The minimum atomic E-state index is -0.124. The van der Waals surface area contributed by atoms with Crippen molar-refractivity contribution in [3.63, 3.8) is 0 Å². The highest BCUT2D eigenvalue weighted by atomic mass is 16.1. The molecular weight excluding hydrogens is 400 g/mol. The molecule has 2 aromatic carbocycles. The smallest absolute Gasteiger partial charge is 0.247 e. The van der Waals surface area contributed by atoms with Crippen molar-refractivity contribution < 1.29 is 0 Å². The molecule has 3 heterocycles. The molecule has 0 radical (unpaired) electrons. The average molecular weight is 422 g/mol. The number of benzene rings is 2. The first-order valence-electron chi connectivity index (χ1n) is 10.5.